The summed E-state index contributed by atoms with van der Waals surface area (Å²) in [5, 5.41) is 3.96. The van der Waals surface area contributed by atoms with Crippen molar-refractivity contribution in [3.8, 4) is 11.5 Å². The molecule has 0 aliphatic carbocycles. The molecule has 0 saturated carbocycles. The standard InChI is InChI=1S/C24H18ClNO5/c1-29-17-10-6-15(7-11-17)23(28)24-22(19-4-2-3-5-20(19)31-24)26-21(27)14-30-18-12-8-16(25)9-13-18/h2-13H,14H2,1H3,(H,26,27). The molecule has 1 heterocycles. The molecule has 0 radical (unpaired) electrons. The van der Waals surface area contributed by atoms with E-state index in [4.69, 9.17) is 25.5 Å². The van der Waals surface area contributed by atoms with Gasteiger partial charge in [0.25, 0.3) is 5.91 Å². The fourth-order valence-corrected chi connectivity index (χ4v) is 3.18. The van der Waals surface area contributed by atoms with Crippen molar-refractivity contribution in [3.05, 3.63) is 89.1 Å². The molecule has 1 N–H and O–H groups in total. The number of fused-ring (bicyclic) bond motifs is 1. The Bertz CT molecular complexity index is 1230. The smallest absolute Gasteiger partial charge is 0.262 e. The lowest BCUT2D eigenvalue weighted by Crippen LogP contribution is -2.21. The van der Waals surface area contributed by atoms with Gasteiger partial charge in [-0.1, -0.05) is 23.7 Å². The van der Waals surface area contributed by atoms with E-state index in [1.807, 2.05) is 0 Å². The minimum Gasteiger partial charge on any atom is -0.497 e. The first-order chi connectivity index (χ1) is 15.0. The summed E-state index contributed by atoms with van der Waals surface area (Å²) in [5.41, 5.74) is 1.21. The van der Waals surface area contributed by atoms with Gasteiger partial charge in [0.05, 0.1) is 12.8 Å². The predicted molar refractivity (Wildman–Crippen MR) is 118 cm³/mol. The molecule has 1 amide bonds. The molecule has 31 heavy (non-hydrogen) atoms. The summed E-state index contributed by atoms with van der Waals surface area (Å²) in [4.78, 5) is 25.7. The maximum atomic E-state index is 13.1. The average Bonchev–Trinajstić information content (AvgIpc) is 3.16. The van der Waals surface area contributed by atoms with Crippen LogP contribution in [0.1, 0.15) is 16.1 Å². The molecule has 0 saturated heterocycles. The normalized spacial score (nSPS) is 10.6. The van der Waals surface area contributed by atoms with Crippen LogP contribution in [0.15, 0.2) is 77.2 Å². The molecule has 6 nitrogen and oxygen atoms in total. The van der Waals surface area contributed by atoms with E-state index >= 15 is 0 Å². The number of methoxy groups -OCH3 is 1. The average molecular weight is 436 g/mol. The van der Waals surface area contributed by atoms with Gasteiger partial charge in [-0.25, -0.2) is 0 Å². The second kappa shape index (κ2) is 8.93. The number of anilines is 1. The monoisotopic (exact) mass is 435 g/mol. The number of carbonyl (C=O) groups is 2. The molecule has 4 aromatic rings. The molecule has 0 bridgehead atoms. The Kier molecular flexibility index (Phi) is 5.91. The highest BCUT2D eigenvalue weighted by Gasteiger charge is 2.23. The van der Waals surface area contributed by atoms with Gasteiger partial charge in [-0.05, 0) is 60.7 Å². The van der Waals surface area contributed by atoms with Crippen molar-refractivity contribution in [2.24, 2.45) is 0 Å². The summed E-state index contributed by atoms with van der Waals surface area (Å²) < 4.78 is 16.4. The molecule has 1 aromatic heterocycles. The second-order valence-corrected chi connectivity index (χ2v) is 7.09. The van der Waals surface area contributed by atoms with Crippen LogP contribution in [0.3, 0.4) is 0 Å². The number of halogens is 1. The molecule has 0 fully saturated rings. The molecule has 156 valence electrons. The molecule has 0 aliphatic heterocycles. The number of carbonyl (C=O) groups excluding carboxylic acids is 2. The van der Waals surface area contributed by atoms with Crippen LogP contribution in [-0.2, 0) is 4.79 Å². The van der Waals surface area contributed by atoms with Gasteiger partial charge in [0, 0.05) is 16.0 Å². The summed E-state index contributed by atoms with van der Waals surface area (Å²) in [6.07, 6.45) is 0. The van der Waals surface area contributed by atoms with Crippen LogP contribution in [0.25, 0.3) is 11.0 Å². The van der Waals surface area contributed by atoms with Crippen molar-refractivity contribution in [3.63, 3.8) is 0 Å². The highest BCUT2D eigenvalue weighted by Crippen LogP contribution is 2.32. The zero-order valence-electron chi connectivity index (χ0n) is 16.6. The lowest BCUT2D eigenvalue weighted by Gasteiger charge is -2.08. The first kappa shape index (κ1) is 20.5. The Morgan fingerprint density at radius 3 is 2.32 bits per heavy atom. The van der Waals surface area contributed by atoms with Crippen LogP contribution in [0.5, 0.6) is 11.5 Å². The van der Waals surface area contributed by atoms with Crippen LogP contribution >= 0.6 is 11.6 Å². The third-order valence-corrected chi connectivity index (χ3v) is 4.85. The zero-order chi connectivity index (χ0) is 21.8. The topological polar surface area (TPSA) is 77.8 Å². The van der Waals surface area contributed by atoms with Gasteiger partial charge in [-0.2, -0.15) is 0 Å². The number of nitrogens with one attached hydrogen (secondary N) is 1. The van der Waals surface area contributed by atoms with E-state index in [0.29, 0.717) is 38.7 Å². The Morgan fingerprint density at radius 2 is 1.61 bits per heavy atom. The van der Waals surface area contributed by atoms with Crippen LogP contribution in [0, 0.1) is 0 Å². The molecule has 0 spiro atoms. The summed E-state index contributed by atoms with van der Waals surface area (Å²) in [6.45, 7) is -0.239. The summed E-state index contributed by atoms with van der Waals surface area (Å²) in [6, 6.07) is 20.5. The molecule has 4 rings (SSSR count). The van der Waals surface area contributed by atoms with Gasteiger partial charge < -0.3 is 19.2 Å². The summed E-state index contributed by atoms with van der Waals surface area (Å²) in [7, 11) is 1.55. The number of ketones is 1. The van der Waals surface area contributed by atoms with E-state index in [1.54, 1.807) is 79.9 Å². The number of furan rings is 1. The highest BCUT2D eigenvalue weighted by atomic mass is 35.5. The van der Waals surface area contributed by atoms with E-state index in [2.05, 4.69) is 5.32 Å². The van der Waals surface area contributed by atoms with Crippen LogP contribution < -0.4 is 14.8 Å². The Labute approximate surface area is 183 Å². The number of hydrogen-bond donors (Lipinski definition) is 1. The Hall–Kier alpha value is -3.77. The molecule has 3 aromatic carbocycles. The molecular weight excluding hydrogens is 418 g/mol. The number of rotatable bonds is 7. The zero-order valence-corrected chi connectivity index (χ0v) is 17.3. The third kappa shape index (κ3) is 4.54. The highest BCUT2D eigenvalue weighted by molar-refractivity contribution is 6.30. The fourth-order valence-electron chi connectivity index (χ4n) is 3.06. The SMILES string of the molecule is COc1ccc(C(=O)c2oc3ccccc3c2NC(=O)COc2ccc(Cl)cc2)cc1. The number of amides is 1. The number of para-hydroxylation sites is 1. The van der Waals surface area contributed by atoms with Gasteiger partial charge in [0.2, 0.25) is 5.78 Å². The molecule has 7 heteroatoms. The van der Waals surface area contributed by atoms with E-state index in [0.717, 1.165) is 0 Å². The lowest BCUT2D eigenvalue weighted by atomic mass is 10.1. The van der Waals surface area contributed by atoms with Crippen LogP contribution in [0.2, 0.25) is 5.02 Å². The van der Waals surface area contributed by atoms with Gasteiger partial charge >= 0.3 is 0 Å². The lowest BCUT2D eigenvalue weighted by molar-refractivity contribution is -0.118. The van der Waals surface area contributed by atoms with Gasteiger partial charge in [0.15, 0.2) is 12.4 Å². The van der Waals surface area contributed by atoms with Crippen molar-refractivity contribution in [1.29, 1.82) is 0 Å². The van der Waals surface area contributed by atoms with E-state index in [1.165, 1.54) is 0 Å². The molecule has 0 atom stereocenters. The quantitative estimate of drug-likeness (QED) is 0.396. The Morgan fingerprint density at radius 1 is 0.935 bits per heavy atom. The fraction of sp³-hybridized carbons (Fsp3) is 0.0833. The van der Waals surface area contributed by atoms with E-state index in [9.17, 15) is 9.59 Å². The predicted octanol–water partition coefficient (Wildman–Crippen LogP) is 5.34. The number of benzene rings is 3. The van der Waals surface area contributed by atoms with Crippen LogP contribution in [0.4, 0.5) is 5.69 Å². The second-order valence-electron chi connectivity index (χ2n) is 6.65. The van der Waals surface area contributed by atoms with E-state index in [-0.39, 0.29) is 18.2 Å². The first-order valence-electron chi connectivity index (χ1n) is 9.43. The van der Waals surface area contributed by atoms with Crippen molar-refractivity contribution in [2.45, 2.75) is 0 Å². The van der Waals surface area contributed by atoms with Crippen molar-refractivity contribution in [2.75, 3.05) is 19.0 Å². The van der Waals surface area contributed by atoms with Gasteiger partial charge in [-0.15, -0.1) is 0 Å². The van der Waals surface area contributed by atoms with Gasteiger partial charge in [0.1, 0.15) is 17.1 Å². The molecule has 0 unspecified atom stereocenters. The van der Waals surface area contributed by atoms with E-state index < -0.39 is 5.91 Å². The van der Waals surface area contributed by atoms with Crippen molar-refractivity contribution in [1.82, 2.24) is 0 Å². The molecular formula is C24H18ClNO5. The number of hydrogen-bond acceptors (Lipinski definition) is 5. The van der Waals surface area contributed by atoms with Crippen molar-refractivity contribution < 1.29 is 23.5 Å². The minimum absolute atomic E-state index is 0.0474. The number of ether oxygens (including phenoxy) is 2. The largest absolute Gasteiger partial charge is 0.497 e. The van der Waals surface area contributed by atoms with Gasteiger partial charge in [-0.3, -0.25) is 9.59 Å². The van der Waals surface area contributed by atoms with Crippen molar-refractivity contribution >= 4 is 39.9 Å². The summed E-state index contributed by atoms with van der Waals surface area (Å²) >= 11 is 5.86. The minimum atomic E-state index is -0.426. The summed E-state index contributed by atoms with van der Waals surface area (Å²) in [5.74, 6) is 0.407. The third-order valence-electron chi connectivity index (χ3n) is 4.60. The maximum Gasteiger partial charge on any atom is 0.262 e. The first-order valence-corrected chi connectivity index (χ1v) is 9.81. The Balaban J connectivity index is 1.59. The van der Waals surface area contributed by atoms with Crippen LogP contribution in [-0.4, -0.2) is 25.4 Å². The maximum absolute atomic E-state index is 13.1. The molecule has 0 aliphatic rings.